The van der Waals surface area contributed by atoms with Gasteiger partial charge in [0.2, 0.25) is 5.91 Å². The van der Waals surface area contributed by atoms with Crippen molar-refractivity contribution in [3.63, 3.8) is 0 Å². The van der Waals surface area contributed by atoms with Gasteiger partial charge in [-0.25, -0.2) is 0 Å². The molecule has 2 aromatic heterocycles. The van der Waals surface area contributed by atoms with Crippen LogP contribution in [0.1, 0.15) is 38.4 Å². The number of carbonyl (C=O) groups is 1. The highest BCUT2D eigenvalue weighted by Gasteiger charge is 2.23. The predicted molar refractivity (Wildman–Crippen MR) is 82.6 cm³/mol. The van der Waals surface area contributed by atoms with Crippen LogP contribution in [0.2, 0.25) is 0 Å². The van der Waals surface area contributed by atoms with E-state index in [9.17, 15) is 4.79 Å². The average Bonchev–Trinajstić information content (AvgIpc) is 3.18. The SMILES string of the molecule is Cc1nn(C(C)C)c2cnn(CCNC(=O)[C@@H]3CCCO3)c12. The molecule has 22 heavy (non-hydrogen) atoms. The van der Waals surface area contributed by atoms with E-state index < -0.39 is 0 Å². The van der Waals surface area contributed by atoms with Crippen LogP contribution in [0.5, 0.6) is 0 Å². The molecule has 0 radical (unpaired) electrons. The summed E-state index contributed by atoms with van der Waals surface area (Å²) in [5, 5.41) is 11.9. The van der Waals surface area contributed by atoms with Gasteiger partial charge in [0.1, 0.15) is 17.1 Å². The van der Waals surface area contributed by atoms with Gasteiger partial charge in [0.15, 0.2) is 0 Å². The molecular weight excluding hydrogens is 282 g/mol. The van der Waals surface area contributed by atoms with Crippen LogP contribution in [-0.4, -0.2) is 44.7 Å². The highest BCUT2D eigenvalue weighted by molar-refractivity contribution is 5.81. The summed E-state index contributed by atoms with van der Waals surface area (Å²) in [6, 6.07) is 0.299. The van der Waals surface area contributed by atoms with Crippen molar-refractivity contribution < 1.29 is 9.53 Å². The Morgan fingerprint density at radius 3 is 3.05 bits per heavy atom. The molecule has 0 aliphatic carbocycles. The molecule has 0 bridgehead atoms. The third kappa shape index (κ3) is 2.72. The smallest absolute Gasteiger partial charge is 0.249 e. The zero-order chi connectivity index (χ0) is 15.7. The molecule has 1 N–H and O–H groups in total. The number of carbonyl (C=O) groups excluding carboxylic acids is 1. The van der Waals surface area contributed by atoms with Crippen LogP contribution < -0.4 is 5.32 Å². The predicted octanol–water partition coefficient (Wildman–Crippen LogP) is 1.42. The average molecular weight is 305 g/mol. The van der Waals surface area contributed by atoms with E-state index in [-0.39, 0.29) is 12.0 Å². The van der Waals surface area contributed by atoms with Gasteiger partial charge in [0, 0.05) is 19.2 Å². The summed E-state index contributed by atoms with van der Waals surface area (Å²) >= 11 is 0. The van der Waals surface area contributed by atoms with Gasteiger partial charge in [0.25, 0.3) is 0 Å². The Bertz CT molecular complexity index is 667. The molecule has 1 amide bonds. The van der Waals surface area contributed by atoms with Crippen molar-refractivity contribution in [2.45, 2.75) is 52.3 Å². The van der Waals surface area contributed by atoms with E-state index in [0.717, 1.165) is 29.6 Å². The summed E-state index contributed by atoms with van der Waals surface area (Å²) in [7, 11) is 0. The Hall–Kier alpha value is -1.89. The fraction of sp³-hybridized carbons (Fsp3) is 0.667. The van der Waals surface area contributed by atoms with Crippen molar-refractivity contribution in [3.8, 4) is 0 Å². The number of aryl methyl sites for hydroxylation is 1. The van der Waals surface area contributed by atoms with Gasteiger partial charge in [-0.2, -0.15) is 10.2 Å². The van der Waals surface area contributed by atoms with Gasteiger partial charge in [-0.05, 0) is 33.6 Å². The van der Waals surface area contributed by atoms with Crippen LogP contribution in [-0.2, 0) is 16.1 Å². The molecule has 1 atom stereocenters. The van der Waals surface area contributed by atoms with Gasteiger partial charge in [0.05, 0.1) is 18.4 Å². The highest BCUT2D eigenvalue weighted by Crippen LogP contribution is 2.21. The van der Waals surface area contributed by atoms with E-state index in [2.05, 4.69) is 29.4 Å². The topological polar surface area (TPSA) is 74.0 Å². The Morgan fingerprint density at radius 2 is 2.36 bits per heavy atom. The Balaban J connectivity index is 1.65. The van der Waals surface area contributed by atoms with Crippen molar-refractivity contribution in [1.82, 2.24) is 24.9 Å². The first-order valence-electron chi connectivity index (χ1n) is 7.88. The fourth-order valence-electron chi connectivity index (χ4n) is 2.92. The van der Waals surface area contributed by atoms with Crippen LogP contribution in [0.25, 0.3) is 11.0 Å². The van der Waals surface area contributed by atoms with E-state index in [1.54, 1.807) is 0 Å². The van der Waals surface area contributed by atoms with Crippen molar-refractivity contribution in [2.24, 2.45) is 0 Å². The molecule has 7 nitrogen and oxygen atoms in total. The molecule has 1 saturated heterocycles. The number of fused-ring (bicyclic) bond motifs is 1. The van der Waals surface area contributed by atoms with E-state index >= 15 is 0 Å². The maximum atomic E-state index is 11.9. The minimum atomic E-state index is -0.275. The first-order valence-corrected chi connectivity index (χ1v) is 7.88. The normalized spacial score (nSPS) is 18.5. The maximum absolute atomic E-state index is 11.9. The number of aromatic nitrogens is 4. The summed E-state index contributed by atoms with van der Waals surface area (Å²) in [6.45, 7) is 8.06. The van der Waals surface area contributed by atoms with Crippen LogP contribution in [0.4, 0.5) is 0 Å². The number of amides is 1. The summed E-state index contributed by atoms with van der Waals surface area (Å²) in [5.41, 5.74) is 3.05. The van der Waals surface area contributed by atoms with Crippen molar-refractivity contribution >= 4 is 16.9 Å². The second-order valence-corrected chi connectivity index (χ2v) is 6.02. The molecule has 1 aliphatic rings. The van der Waals surface area contributed by atoms with Gasteiger partial charge in [-0.1, -0.05) is 0 Å². The summed E-state index contributed by atoms with van der Waals surface area (Å²) < 4.78 is 9.27. The van der Waals surface area contributed by atoms with Crippen LogP contribution in [0, 0.1) is 6.92 Å². The number of hydrogen-bond donors (Lipinski definition) is 1. The maximum Gasteiger partial charge on any atom is 0.249 e. The number of nitrogens with zero attached hydrogens (tertiary/aromatic N) is 4. The molecule has 2 aromatic rings. The lowest BCUT2D eigenvalue weighted by Gasteiger charge is -2.10. The molecule has 1 fully saturated rings. The second-order valence-electron chi connectivity index (χ2n) is 6.02. The van der Waals surface area contributed by atoms with E-state index in [1.807, 2.05) is 22.5 Å². The molecular formula is C15H23N5O2. The second kappa shape index (κ2) is 6.08. The number of rotatable bonds is 5. The van der Waals surface area contributed by atoms with E-state index in [0.29, 0.717) is 25.7 Å². The number of nitrogens with one attached hydrogen (secondary N) is 1. The van der Waals surface area contributed by atoms with Gasteiger partial charge >= 0.3 is 0 Å². The minimum absolute atomic E-state index is 0.0181. The number of hydrogen-bond acceptors (Lipinski definition) is 4. The van der Waals surface area contributed by atoms with Crippen LogP contribution >= 0.6 is 0 Å². The van der Waals surface area contributed by atoms with E-state index in [1.165, 1.54) is 0 Å². The summed E-state index contributed by atoms with van der Waals surface area (Å²) in [6.07, 6.45) is 3.35. The summed E-state index contributed by atoms with van der Waals surface area (Å²) in [4.78, 5) is 11.9. The fourth-order valence-corrected chi connectivity index (χ4v) is 2.92. The number of ether oxygens (including phenoxy) is 1. The van der Waals surface area contributed by atoms with E-state index in [4.69, 9.17) is 4.74 Å². The molecule has 3 rings (SSSR count). The molecule has 0 saturated carbocycles. The first-order chi connectivity index (χ1) is 10.6. The summed E-state index contributed by atoms with van der Waals surface area (Å²) in [5.74, 6) is -0.0181. The largest absolute Gasteiger partial charge is 0.368 e. The van der Waals surface area contributed by atoms with Crippen molar-refractivity contribution in [2.75, 3.05) is 13.2 Å². The van der Waals surface area contributed by atoms with Crippen molar-refractivity contribution in [3.05, 3.63) is 11.9 Å². The van der Waals surface area contributed by atoms with Gasteiger partial charge in [-0.15, -0.1) is 0 Å². The molecule has 120 valence electrons. The van der Waals surface area contributed by atoms with Crippen LogP contribution in [0.15, 0.2) is 6.20 Å². The molecule has 0 aromatic carbocycles. The lowest BCUT2D eigenvalue weighted by Crippen LogP contribution is -2.36. The zero-order valence-electron chi connectivity index (χ0n) is 13.4. The Labute approximate surface area is 129 Å². The molecule has 3 heterocycles. The highest BCUT2D eigenvalue weighted by atomic mass is 16.5. The third-order valence-electron chi connectivity index (χ3n) is 4.00. The molecule has 0 spiro atoms. The quantitative estimate of drug-likeness (QED) is 0.906. The molecule has 7 heteroatoms. The van der Waals surface area contributed by atoms with Crippen LogP contribution in [0.3, 0.4) is 0 Å². The lowest BCUT2D eigenvalue weighted by atomic mass is 10.2. The first kappa shape index (κ1) is 15.0. The zero-order valence-corrected chi connectivity index (χ0v) is 13.4. The Kier molecular flexibility index (Phi) is 4.15. The Morgan fingerprint density at radius 1 is 1.55 bits per heavy atom. The van der Waals surface area contributed by atoms with Crippen molar-refractivity contribution in [1.29, 1.82) is 0 Å². The molecule has 1 aliphatic heterocycles. The lowest BCUT2D eigenvalue weighted by molar-refractivity contribution is -0.130. The minimum Gasteiger partial charge on any atom is -0.368 e. The molecule has 0 unspecified atom stereocenters. The van der Waals surface area contributed by atoms with Gasteiger partial charge < -0.3 is 10.1 Å². The standard InChI is InChI=1S/C15H23N5O2/c1-10(2)20-12-9-17-19(14(12)11(3)18-20)7-6-16-15(21)13-5-4-8-22-13/h9-10,13H,4-8H2,1-3H3,(H,16,21)/t13-/m0/s1. The monoisotopic (exact) mass is 305 g/mol. The van der Waals surface area contributed by atoms with Gasteiger partial charge in [-0.3, -0.25) is 14.2 Å². The third-order valence-corrected chi connectivity index (χ3v) is 4.00.